The van der Waals surface area contributed by atoms with Crippen LogP contribution in [0.25, 0.3) is 0 Å². The summed E-state index contributed by atoms with van der Waals surface area (Å²) in [4.78, 5) is 5.14. The monoisotopic (exact) mass is 402 g/mol. The third-order valence-corrected chi connectivity index (χ3v) is 5.65. The van der Waals surface area contributed by atoms with Crippen molar-refractivity contribution in [3.8, 4) is 0 Å². The quantitative estimate of drug-likeness (QED) is 0.264. The van der Waals surface area contributed by atoms with Crippen LogP contribution in [0.2, 0.25) is 0 Å². The fraction of sp³-hybridized carbons (Fsp3) is 0.704. The second-order valence-corrected chi connectivity index (χ2v) is 9.32. The first-order valence-electron chi connectivity index (χ1n) is 11.8. The van der Waals surface area contributed by atoms with Gasteiger partial charge in [-0.3, -0.25) is 4.90 Å². The van der Waals surface area contributed by atoms with Crippen molar-refractivity contribution in [3.63, 3.8) is 0 Å². The molecule has 0 spiro atoms. The van der Waals surface area contributed by atoms with Gasteiger partial charge in [-0.1, -0.05) is 73.3 Å². The van der Waals surface area contributed by atoms with Crippen molar-refractivity contribution in [2.24, 2.45) is 17.3 Å². The zero-order valence-electron chi connectivity index (χ0n) is 20.9. The van der Waals surface area contributed by atoms with E-state index >= 15 is 0 Å². The van der Waals surface area contributed by atoms with Gasteiger partial charge >= 0.3 is 0 Å². The van der Waals surface area contributed by atoms with E-state index in [0.717, 1.165) is 38.5 Å². The van der Waals surface area contributed by atoms with Gasteiger partial charge < -0.3 is 4.90 Å². The summed E-state index contributed by atoms with van der Waals surface area (Å²) in [6.45, 7) is 31.6. The number of hydrogen-bond donors (Lipinski definition) is 0. The molecular formula is C27H50N2. The fourth-order valence-electron chi connectivity index (χ4n) is 4.05. The standard InChI is InChI=1S/C25H44N2.C2H6/c1-9-12-23(22(6)13-15-25(7,8)14-10-2)24(11-3)27-18-16-26(17-19-27)20-21(4)5;1-2/h9-12,21-22H,2-3,13-20H2,1,4-8H3;1-2H3/b12-9-,24-23-;. The Morgan fingerprint density at radius 2 is 1.62 bits per heavy atom. The minimum atomic E-state index is 0.327. The molecule has 0 aromatic rings. The van der Waals surface area contributed by atoms with Crippen LogP contribution in [-0.4, -0.2) is 42.5 Å². The molecule has 0 radical (unpaired) electrons. The number of allylic oxidation sites excluding steroid dienone is 5. The van der Waals surface area contributed by atoms with Crippen molar-refractivity contribution in [3.05, 3.63) is 48.7 Å². The van der Waals surface area contributed by atoms with E-state index in [0.29, 0.717) is 11.3 Å². The summed E-state index contributed by atoms with van der Waals surface area (Å²) < 4.78 is 0. The van der Waals surface area contributed by atoms with E-state index in [1.165, 1.54) is 30.7 Å². The molecule has 2 heteroatoms. The van der Waals surface area contributed by atoms with Crippen molar-refractivity contribution in [2.45, 2.75) is 74.7 Å². The summed E-state index contributed by atoms with van der Waals surface area (Å²) in [6.07, 6.45) is 12.1. The zero-order chi connectivity index (χ0) is 22.4. The maximum atomic E-state index is 4.17. The zero-order valence-corrected chi connectivity index (χ0v) is 20.9. The fourth-order valence-corrected chi connectivity index (χ4v) is 4.05. The summed E-state index contributed by atoms with van der Waals surface area (Å²) in [5.74, 6) is 1.27. The average molecular weight is 403 g/mol. The number of hydrogen-bond acceptors (Lipinski definition) is 2. The molecule has 1 saturated heterocycles. The highest BCUT2D eigenvalue weighted by Crippen LogP contribution is 2.32. The van der Waals surface area contributed by atoms with Crippen LogP contribution in [0.3, 0.4) is 0 Å². The lowest BCUT2D eigenvalue weighted by molar-refractivity contribution is 0.147. The second kappa shape index (κ2) is 14.7. The molecule has 1 heterocycles. The molecule has 0 aromatic heterocycles. The summed E-state index contributed by atoms with van der Waals surface area (Å²) in [6, 6.07) is 0. The third-order valence-electron chi connectivity index (χ3n) is 5.65. The Balaban J connectivity index is 0.00000379. The normalized spacial score (nSPS) is 17.6. The molecule has 1 aliphatic rings. The van der Waals surface area contributed by atoms with Crippen molar-refractivity contribution >= 4 is 0 Å². The molecular weight excluding hydrogens is 352 g/mol. The van der Waals surface area contributed by atoms with E-state index in [4.69, 9.17) is 0 Å². The molecule has 1 atom stereocenters. The highest BCUT2D eigenvalue weighted by molar-refractivity contribution is 5.33. The van der Waals surface area contributed by atoms with Crippen LogP contribution in [0.4, 0.5) is 0 Å². The Bertz CT molecular complexity index is 517. The third kappa shape index (κ3) is 10.3. The van der Waals surface area contributed by atoms with Gasteiger partial charge in [-0.05, 0) is 55.1 Å². The van der Waals surface area contributed by atoms with Gasteiger partial charge in [0, 0.05) is 38.4 Å². The molecule has 2 nitrogen and oxygen atoms in total. The second-order valence-electron chi connectivity index (χ2n) is 9.32. The van der Waals surface area contributed by atoms with Crippen LogP contribution >= 0.6 is 0 Å². The van der Waals surface area contributed by atoms with Crippen molar-refractivity contribution in [1.82, 2.24) is 9.80 Å². The lowest BCUT2D eigenvalue weighted by Crippen LogP contribution is -2.47. The maximum absolute atomic E-state index is 4.17. The highest BCUT2D eigenvalue weighted by atomic mass is 15.3. The van der Waals surface area contributed by atoms with E-state index < -0.39 is 0 Å². The lowest BCUT2D eigenvalue weighted by Gasteiger charge is -2.38. The van der Waals surface area contributed by atoms with Crippen LogP contribution in [0.5, 0.6) is 0 Å². The van der Waals surface area contributed by atoms with Crippen molar-refractivity contribution in [1.29, 1.82) is 0 Å². The van der Waals surface area contributed by atoms with Crippen molar-refractivity contribution in [2.75, 3.05) is 32.7 Å². The number of rotatable bonds is 11. The number of nitrogens with zero attached hydrogens (tertiary/aromatic N) is 2. The largest absolute Gasteiger partial charge is 0.369 e. The Hall–Kier alpha value is -1.28. The molecule has 0 bridgehead atoms. The smallest absolute Gasteiger partial charge is 0.0396 e. The molecule has 1 aliphatic heterocycles. The van der Waals surface area contributed by atoms with Crippen LogP contribution in [0, 0.1) is 17.3 Å². The van der Waals surface area contributed by atoms with Gasteiger partial charge in [-0.15, -0.1) is 6.58 Å². The van der Waals surface area contributed by atoms with E-state index in [2.05, 4.69) is 88.8 Å². The summed E-state index contributed by atoms with van der Waals surface area (Å²) in [7, 11) is 0. The van der Waals surface area contributed by atoms with Crippen LogP contribution in [0.1, 0.15) is 74.7 Å². The molecule has 0 saturated carbocycles. The van der Waals surface area contributed by atoms with E-state index in [9.17, 15) is 0 Å². The van der Waals surface area contributed by atoms with Gasteiger partial charge in [0.05, 0.1) is 0 Å². The number of piperazine rings is 1. The minimum absolute atomic E-state index is 0.327. The van der Waals surface area contributed by atoms with Crippen LogP contribution < -0.4 is 0 Å². The summed E-state index contributed by atoms with van der Waals surface area (Å²) in [5, 5.41) is 0. The molecule has 1 unspecified atom stereocenters. The predicted molar refractivity (Wildman–Crippen MR) is 133 cm³/mol. The highest BCUT2D eigenvalue weighted by Gasteiger charge is 2.23. The van der Waals surface area contributed by atoms with Crippen LogP contribution in [-0.2, 0) is 0 Å². The molecule has 0 N–H and O–H groups in total. The Labute approximate surface area is 183 Å². The first-order valence-corrected chi connectivity index (χ1v) is 11.8. The molecule has 29 heavy (non-hydrogen) atoms. The van der Waals surface area contributed by atoms with Gasteiger partial charge in [-0.2, -0.15) is 0 Å². The predicted octanol–water partition coefficient (Wildman–Crippen LogP) is 7.32. The van der Waals surface area contributed by atoms with E-state index in [1.54, 1.807) is 0 Å². The molecule has 0 amide bonds. The van der Waals surface area contributed by atoms with Gasteiger partial charge in [-0.25, -0.2) is 0 Å². The van der Waals surface area contributed by atoms with Gasteiger partial charge in [0.15, 0.2) is 0 Å². The topological polar surface area (TPSA) is 6.48 Å². The Kier molecular flexibility index (Phi) is 14.0. The molecule has 168 valence electrons. The molecule has 0 aliphatic carbocycles. The average Bonchev–Trinajstić information content (AvgIpc) is 2.68. The van der Waals surface area contributed by atoms with Crippen molar-refractivity contribution < 1.29 is 0 Å². The molecule has 1 rings (SSSR count). The molecule has 1 fully saturated rings. The maximum Gasteiger partial charge on any atom is 0.0396 e. The van der Waals surface area contributed by atoms with Gasteiger partial charge in [0.1, 0.15) is 0 Å². The summed E-state index contributed by atoms with van der Waals surface area (Å²) in [5.41, 5.74) is 3.11. The summed E-state index contributed by atoms with van der Waals surface area (Å²) >= 11 is 0. The SMILES string of the molecule is C=CCC(C)(C)CCC(C)C(/C=C\C)=C(/C=C)N1CCN(CC(C)C)CC1.CC. The van der Waals surface area contributed by atoms with E-state index in [1.807, 2.05) is 13.8 Å². The Morgan fingerprint density at radius 3 is 2.07 bits per heavy atom. The first-order chi connectivity index (χ1) is 13.7. The lowest BCUT2D eigenvalue weighted by atomic mass is 9.80. The van der Waals surface area contributed by atoms with Gasteiger partial charge in [0.25, 0.3) is 0 Å². The van der Waals surface area contributed by atoms with Crippen LogP contribution in [0.15, 0.2) is 48.7 Å². The van der Waals surface area contributed by atoms with Gasteiger partial charge in [0.2, 0.25) is 0 Å². The Morgan fingerprint density at radius 1 is 1.03 bits per heavy atom. The molecule has 0 aromatic carbocycles. The first kappa shape index (κ1) is 27.7. The van der Waals surface area contributed by atoms with E-state index in [-0.39, 0.29) is 0 Å². The minimum Gasteiger partial charge on any atom is -0.369 e.